The van der Waals surface area contributed by atoms with Crippen LogP contribution in [0.2, 0.25) is 0 Å². The van der Waals surface area contributed by atoms with Crippen molar-refractivity contribution in [1.82, 2.24) is 20.6 Å². The fourth-order valence-electron chi connectivity index (χ4n) is 1.83. The van der Waals surface area contributed by atoms with Crippen molar-refractivity contribution in [2.75, 3.05) is 5.32 Å². The normalized spacial score (nSPS) is 11.1. The van der Waals surface area contributed by atoms with Gasteiger partial charge in [-0.2, -0.15) is 10.5 Å². The summed E-state index contributed by atoms with van der Waals surface area (Å²) >= 11 is 0. The minimum atomic E-state index is 0.237. The van der Waals surface area contributed by atoms with Gasteiger partial charge in [-0.05, 0) is 29.5 Å². The standard InChI is InChI=1S/C14H10N6O/c15-8-10(14-17-19-20-18-14)9-16-12-5-2-1-4-11(12)13-6-3-7-21-13/h1-7,9,16H,(H,17,18,19,20). The van der Waals surface area contributed by atoms with E-state index in [1.807, 2.05) is 42.5 Å². The van der Waals surface area contributed by atoms with Crippen LogP contribution in [0, 0.1) is 11.3 Å². The first-order valence-corrected chi connectivity index (χ1v) is 6.12. The predicted molar refractivity (Wildman–Crippen MR) is 75.5 cm³/mol. The first-order chi connectivity index (χ1) is 10.4. The van der Waals surface area contributed by atoms with Gasteiger partial charge >= 0.3 is 0 Å². The van der Waals surface area contributed by atoms with Gasteiger partial charge in [-0.25, -0.2) is 0 Å². The lowest BCUT2D eigenvalue weighted by Crippen LogP contribution is -1.94. The molecule has 0 saturated heterocycles. The predicted octanol–water partition coefficient (Wildman–Crippen LogP) is 2.44. The molecule has 1 aromatic carbocycles. The van der Waals surface area contributed by atoms with Crippen molar-refractivity contribution in [3.8, 4) is 17.4 Å². The molecule has 2 aromatic heterocycles. The van der Waals surface area contributed by atoms with Crippen LogP contribution in [0.4, 0.5) is 5.69 Å². The first-order valence-electron chi connectivity index (χ1n) is 6.12. The summed E-state index contributed by atoms with van der Waals surface area (Å²) < 4.78 is 5.40. The van der Waals surface area contributed by atoms with Crippen LogP contribution in [0.15, 0.2) is 53.3 Å². The zero-order valence-electron chi connectivity index (χ0n) is 10.8. The number of hydrogen-bond donors (Lipinski definition) is 2. The monoisotopic (exact) mass is 278 g/mol. The average molecular weight is 278 g/mol. The van der Waals surface area contributed by atoms with E-state index in [1.54, 1.807) is 6.26 Å². The maximum absolute atomic E-state index is 9.13. The Balaban J connectivity index is 1.91. The number of aromatic nitrogens is 4. The van der Waals surface area contributed by atoms with Gasteiger partial charge < -0.3 is 9.73 Å². The summed E-state index contributed by atoms with van der Waals surface area (Å²) in [6, 6.07) is 13.3. The molecular formula is C14H10N6O. The number of allylic oxidation sites excluding steroid dienone is 1. The molecule has 102 valence electrons. The molecule has 21 heavy (non-hydrogen) atoms. The maximum atomic E-state index is 9.13. The number of nitrogens with zero attached hydrogens (tertiary/aromatic N) is 4. The molecule has 2 N–H and O–H groups in total. The van der Waals surface area contributed by atoms with E-state index >= 15 is 0 Å². The molecule has 7 nitrogen and oxygen atoms in total. The number of H-pyrrole nitrogens is 1. The summed E-state index contributed by atoms with van der Waals surface area (Å²) in [4.78, 5) is 0. The van der Waals surface area contributed by atoms with E-state index < -0.39 is 0 Å². The van der Waals surface area contributed by atoms with E-state index in [-0.39, 0.29) is 11.4 Å². The Morgan fingerprint density at radius 3 is 2.90 bits per heavy atom. The zero-order valence-corrected chi connectivity index (χ0v) is 10.8. The van der Waals surface area contributed by atoms with Crippen LogP contribution in [0.1, 0.15) is 5.82 Å². The third-order valence-corrected chi connectivity index (χ3v) is 2.79. The zero-order chi connectivity index (χ0) is 14.5. The minimum Gasteiger partial charge on any atom is -0.464 e. The molecule has 0 aliphatic heterocycles. The minimum absolute atomic E-state index is 0.237. The Kier molecular flexibility index (Phi) is 3.43. The van der Waals surface area contributed by atoms with Gasteiger partial charge in [0.05, 0.1) is 6.26 Å². The summed E-state index contributed by atoms with van der Waals surface area (Å²) in [5.41, 5.74) is 1.98. The fraction of sp³-hybridized carbons (Fsp3) is 0. The van der Waals surface area contributed by atoms with Crippen LogP contribution >= 0.6 is 0 Å². The number of nitriles is 1. The lowest BCUT2D eigenvalue weighted by Gasteiger charge is -2.06. The molecule has 0 unspecified atom stereocenters. The topological polar surface area (TPSA) is 103 Å². The number of benzene rings is 1. The molecule has 0 amide bonds. The van der Waals surface area contributed by atoms with Gasteiger partial charge in [0.15, 0.2) is 0 Å². The highest BCUT2D eigenvalue weighted by Crippen LogP contribution is 2.28. The fourth-order valence-corrected chi connectivity index (χ4v) is 1.83. The summed E-state index contributed by atoms with van der Waals surface area (Å²) in [6.07, 6.45) is 3.15. The second-order valence-corrected chi connectivity index (χ2v) is 4.07. The number of anilines is 1. The molecule has 0 aliphatic rings. The Morgan fingerprint density at radius 1 is 1.29 bits per heavy atom. The van der Waals surface area contributed by atoms with Crippen molar-refractivity contribution in [1.29, 1.82) is 5.26 Å². The number of hydrogen-bond acceptors (Lipinski definition) is 6. The molecule has 0 spiro atoms. The molecule has 2 heterocycles. The van der Waals surface area contributed by atoms with Gasteiger partial charge in [-0.3, -0.25) is 0 Å². The van der Waals surface area contributed by atoms with Gasteiger partial charge in [0.2, 0.25) is 5.82 Å². The number of furan rings is 1. The van der Waals surface area contributed by atoms with E-state index in [4.69, 9.17) is 9.68 Å². The summed E-state index contributed by atoms with van der Waals surface area (Å²) in [6.45, 7) is 0. The van der Waals surface area contributed by atoms with E-state index in [9.17, 15) is 0 Å². The number of nitrogens with one attached hydrogen (secondary N) is 2. The van der Waals surface area contributed by atoms with Crippen molar-refractivity contribution in [2.24, 2.45) is 0 Å². The van der Waals surface area contributed by atoms with Gasteiger partial charge in [0, 0.05) is 17.5 Å². The molecule has 0 bridgehead atoms. The smallest absolute Gasteiger partial charge is 0.216 e. The van der Waals surface area contributed by atoms with Crippen molar-refractivity contribution in [3.63, 3.8) is 0 Å². The van der Waals surface area contributed by atoms with Crippen molar-refractivity contribution >= 4 is 11.3 Å². The third kappa shape index (κ3) is 2.64. The second-order valence-electron chi connectivity index (χ2n) is 4.07. The Bertz CT molecular complexity index is 783. The van der Waals surface area contributed by atoms with Crippen molar-refractivity contribution in [2.45, 2.75) is 0 Å². The number of rotatable bonds is 4. The van der Waals surface area contributed by atoms with E-state index in [0.29, 0.717) is 0 Å². The first kappa shape index (κ1) is 12.6. The van der Waals surface area contributed by atoms with Gasteiger partial charge in [0.1, 0.15) is 17.4 Å². The van der Waals surface area contributed by atoms with Crippen LogP contribution < -0.4 is 5.32 Å². The van der Waals surface area contributed by atoms with Crippen LogP contribution in [0.25, 0.3) is 16.9 Å². The lowest BCUT2D eigenvalue weighted by atomic mass is 10.1. The Labute approximate surface area is 119 Å². The average Bonchev–Trinajstić information content (AvgIpc) is 3.22. The molecule has 0 fully saturated rings. The van der Waals surface area contributed by atoms with E-state index in [1.165, 1.54) is 6.20 Å². The number of para-hydroxylation sites is 1. The summed E-state index contributed by atoms with van der Waals surface area (Å²) in [5, 5.41) is 25.5. The van der Waals surface area contributed by atoms with Crippen molar-refractivity contribution in [3.05, 3.63) is 54.7 Å². The van der Waals surface area contributed by atoms with Crippen LogP contribution in [0.5, 0.6) is 0 Å². The van der Waals surface area contributed by atoms with E-state index in [0.717, 1.165) is 17.0 Å². The Hall–Kier alpha value is -3.40. The van der Waals surface area contributed by atoms with Gasteiger partial charge in [-0.1, -0.05) is 12.1 Å². The molecule has 0 atom stereocenters. The highest BCUT2D eigenvalue weighted by molar-refractivity contribution is 5.79. The highest BCUT2D eigenvalue weighted by Gasteiger charge is 2.08. The second kappa shape index (κ2) is 5.71. The van der Waals surface area contributed by atoms with Crippen LogP contribution in [-0.4, -0.2) is 20.6 Å². The largest absolute Gasteiger partial charge is 0.464 e. The van der Waals surface area contributed by atoms with E-state index in [2.05, 4.69) is 25.9 Å². The third-order valence-electron chi connectivity index (χ3n) is 2.79. The van der Waals surface area contributed by atoms with Crippen LogP contribution in [-0.2, 0) is 0 Å². The molecular weight excluding hydrogens is 268 g/mol. The van der Waals surface area contributed by atoms with Crippen LogP contribution in [0.3, 0.4) is 0 Å². The molecule has 7 heteroatoms. The Morgan fingerprint density at radius 2 is 2.19 bits per heavy atom. The summed E-state index contributed by atoms with van der Waals surface area (Å²) in [5.74, 6) is 0.977. The lowest BCUT2D eigenvalue weighted by molar-refractivity contribution is 0.582. The molecule has 3 rings (SSSR count). The highest BCUT2D eigenvalue weighted by atomic mass is 16.3. The summed E-state index contributed by atoms with van der Waals surface area (Å²) in [7, 11) is 0. The SMILES string of the molecule is N#CC(=CNc1ccccc1-c1ccco1)c1nn[nH]n1. The molecule has 0 saturated carbocycles. The molecule has 3 aromatic rings. The molecule has 0 aliphatic carbocycles. The quantitative estimate of drug-likeness (QED) is 0.710. The van der Waals surface area contributed by atoms with Gasteiger partial charge in [0.25, 0.3) is 0 Å². The number of tetrazole rings is 1. The maximum Gasteiger partial charge on any atom is 0.216 e. The van der Waals surface area contributed by atoms with Crippen molar-refractivity contribution < 1.29 is 4.42 Å². The van der Waals surface area contributed by atoms with Gasteiger partial charge in [-0.15, -0.1) is 10.2 Å². The molecule has 0 radical (unpaired) electrons. The number of aromatic amines is 1.